The van der Waals surface area contributed by atoms with E-state index in [0.29, 0.717) is 40.0 Å². The molecule has 0 radical (unpaired) electrons. The third kappa shape index (κ3) is 3.42. The van der Waals surface area contributed by atoms with E-state index in [9.17, 15) is 9.59 Å². The molecule has 0 saturated heterocycles. The fraction of sp³-hybridized carbons (Fsp3) is 0.381. The van der Waals surface area contributed by atoms with Crippen molar-refractivity contribution in [2.75, 3.05) is 25.3 Å². The van der Waals surface area contributed by atoms with Crippen LogP contribution in [0.25, 0.3) is 0 Å². The molecule has 8 heteroatoms. The van der Waals surface area contributed by atoms with Crippen LogP contribution in [0.1, 0.15) is 43.2 Å². The van der Waals surface area contributed by atoms with Gasteiger partial charge in [0.1, 0.15) is 17.3 Å². The summed E-state index contributed by atoms with van der Waals surface area (Å²) in [5.41, 5.74) is 2.37. The minimum atomic E-state index is -0.559. The predicted molar refractivity (Wildman–Crippen MR) is 112 cm³/mol. The molecule has 0 bridgehead atoms. The highest BCUT2D eigenvalue weighted by Gasteiger charge is 2.39. The molecule has 2 aliphatic rings. The number of hydrogen-bond acceptors (Lipinski definition) is 7. The topological polar surface area (TPSA) is 93.3 Å². The van der Waals surface area contributed by atoms with Crippen LogP contribution in [-0.2, 0) is 4.79 Å². The van der Waals surface area contributed by atoms with Gasteiger partial charge in [0.15, 0.2) is 10.9 Å². The van der Waals surface area contributed by atoms with Gasteiger partial charge < -0.3 is 19.8 Å². The number of aromatic amines is 1. The first-order valence-corrected chi connectivity index (χ1v) is 10.6. The number of carbonyl (C=O) groups excluding carboxylic acids is 1. The zero-order valence-electron chi connectivity index (χ0n) is 16.6. The molecule has 0 saturated carbocycles. The lowest BCUT2D eigenvalue weighted by atomic mass is 9.76. The van der Waals surface area contributed by atoms with Gasteiger partial charge in [0.2, 0.25) is 0 Å². The minimum absolute atomic E-state index is 0.0469. The Kier molecular flexibility index (Phi) is 5.36. The van der Waals surface area contributed by atoms with Gasteiger partial charge >= 0.3 is 0 Å². The van der Waals surface area contributed by atoms with Crippen LogP contribution < -0.4 is 20.3 Å². The number of thioether (sulfide) groups is 1. The first-order chi connectivity index (χ1) is 14.1. The molecule has 0 unspecified atom stereocenters. The van der Waals surface area contributed by atoms with Crippen LogP contribution in [-0.4, -0.2) is 35.7 Å². The van der Waals surface area contributed by atoms with E-state index in [2.05, 4.69) is 15.3 Å². The van der Waals surface area contributed by atoms with Gasteiger partial charge in [0.25, 0.3) is 5.56 Å². The number of rotatable bonds is 5. The molecular formula is C21H23N3O4S. The highest BCUT2D eigenvalue weighted by molar-refractivity contribution is 7.99. The molecule has 1 aliphatic heterocycles. The van der Waals surface area contributed by atoms with Crippen LogP contribution in [0.3, 0.4) is 0 Å². The van der Waals surface area contributed by atoms with Gasteiger partial charge in [-0.1, -0.05) is 18.7 Å². The number of hydrogen-bond donors (Lipinski definition) is 2. The van der Waals surface area contributed by atoms with E-state index in [4.69, 9.17) is 9.47 Å². The summed E-state index contributed by atoms with van der Waals surface area (Å²) in [4.78, 5) is 33.6. The number of methoxy groups -OCH3 is 2. The van der Waals surface area contributed by atoms with Crippen molar-refractivity contribution in [3.8, 4) is 11.5 Å². The summed E-state index contributed by atoms with van der Waals surface area (Å²) in [6.07, 6.45) is 1.99. The highest BCUT2D eigenvalue weighted by atomic mass is 32.2. The highest BCUT2D eigenvalue weighted by Crippen LogP contribution is 2.46. The lowest BCUT2D eigenvalue weighted by Gasteiger charge is -2.33. The number of carbonyl (C=O) groups is 1. The molecule has 4 rings (SSSR count). The lowest BCUT2D eigenvalue weighted by Crippen LogP contribution is -2.33. The van der Waals surface area contributed by atoms with Crippen LogP contribution in [0.5, 0.6) is 11.5 Å². The second-order valence-electron chi connectivity index (χ2n) is 6.90. The molecular weight excluding hydrogens is 390 g/mol. The molecule has 152 valence electrons. The standard InChI is InChI=1S/C21H23N3O4S/c1-4-29-21-23-19-18(20(26)24-21)16(17-13(22-19)6-5-7-14(17)25)12-10-11(27-2)8-9-15(12)28-3/h8-10,16H,4-7H2,1-3H3,(H2,22,23,24,26)/t16-/m1/s1. The Hall–Kier alpha value is -2.74. The number of Topliss-reactive ketones (excluding diaryl/α,β-unsaturated/α-hetero) is 1. The number of ketones is 1. The SMILES string of the molecule is CCSc1nc2c(c(=O)[nH]1)[C@H](c1cc(OC)ccc1OC)C1=C(CCCC1=O)N2. The van der Waals surface area contributed by atoms with Crippen LogP contribution in [0.15, 0.2) is 39.4 Å². The number of nitrogens with one attached hydrogen (secondary N) is 2. The largest absolute Gasteiger partial charge is 0.497 e. The quantitative estimate of drug-likeness (QED) is 0.573. The maximum atomic E-state index is 13.1. The summed E-state index contributed by atoms with van der Waals surface area (Å²) in [6.45, 7) is 2.00. The van der Waals surface area contributed by atoms with Crippen molar-refractivity contribution < 1.29 is 14.3 Å². The van der Waals surface area contributed by atoms with E-state index in [1.54, 1.807) is 26.4 Å². The van der Waals surface area contributed by atoms with Crippen molar-refractivity contribution in [2.45, 2.75) is 37.3 Å². The van der Waals surface area contributed by atoms with E-state index < -0.39 is 5.92 Å². The number of aromatic nitrogens is 2. The summed E-state index contributed by atoms with van der Waals surface area (Å²) in [6, 6.07) is 5.43. The fourth-order valence-corrected chi connectivity index (χ4v) is 4.62. The molecule has 7 nitrogen and oxygen atoms in total. The molecule has 1 aliphatic carbocycles. The van der Waals surface area contributed by atoms with Gasteiger partial charge in [-0.05, 0) is 36.8 Å². The van der Waals surface area contributed by atoms with Crippen molar-refractivity contribution in [3.05, 3.63) is 50.9 Å². The normalized spacial score (nSPS) is 18.0. The van der Waals surface area contributed by atoms with Crippen molar-refractivity contribution in [1.82, 2.24) is 9.97 Å². The van der Waals surface area contributed by atoms with E-state index in [-0.39, 0.29) is 11.3 Å². The van der Waals surface area contributed by atoms with Crippen LogP contribution in [0.4, 0.5) is 5.82 Å². The Morgan fingerprint density at radius 1 is 1.21 bits per heavy atom. The number of ether oxygens (including phenoxy) is 2. The summed E-state index contributed by atoms with van der Waals surface area (Å²) in [5, 5.41) is 3.84. The van der Waals surface area contributed by atoms with Crippen LogP contribution in [0.2, 0.25) is 0 Å². The van der Waals surface area contributed by atoms with E-state index in [1.165, 1.54) is 11.8 Å². The molecule has 2 N–H and O–H groups in total. The lowest BCUT2D eigenvalue weighted by molar-refractivity contribution is -0.116. The minimum Gasteiger partial charge on any atom is -0.497 e. The summed E-state index contributed by atoms with van der Waals surface area (Å²) < 4.78 is 11.0. The van der Waals surface area contributed by atoms with Gasteiger partial charge in [0, 0.05) is 23.3 Å². The molecule has 1 aromatic heterocycles. The molecule has 1 atom stereocenters. The first kappa shape index (κ1) is 19.6. The number of allylic oxidation sites excluding steroid dienone is 2. The molecule has 0 fully saturated rings. The molecule has 2 heterocycles. The molecule has 1 aromatic carbocycles. The number of benzene rings is 1. The smallest absolute Gasteiger partial charge is 0.257 e. The second-order valence-corrected chi connectivity index (χ2v) is 8.15. The van der Waals surface area contributed by atoms with Crippen molar-refractivity contribution >= 4 is 23.4 Å². The fourth-order valence-electron chi connectivity index (χ4n) is 4.02. The zero-order chi connectivity index (χ0) is 20.5. The van der Waals surface area contributed by atoms with Gasteiger partial charge in [-0.3, -0.25) is 9.59 Å². The maximum absolute atomic E-state index is 13.1. The molecule has 29 heavy (non-hydrogen) atoms. The van der Waals surface area contributed by atoms with E-state index in [0.717, 1.165) is 29.9 Å². The Labute approximate surface area is 172 Å². The number of nitrogens with zero attached hydrogens (tertiary/aromatic N) is 1. The summed E-state index contributed by atoms with van der Waals surface area (Å²) >= 11 is 1.47. The zero-order valence-corrected chi connectivity index (χ0v) is 17.4. The number of anilines is 1. The maximum Gasteiger partial charge on any atom is 0.257 e. The van der Waals surface area contributed by atoms with E-state index >= 15 is 0 Å². The van der Waals surface area contributed by atoms with Gasteiger partial charge in [-0.2, -0.15) is 0 Å². The first-order valence-electron chi connectivity index (χ1n) is 9.59. The Morgan fingerprint density at radius 3 is 2.76 bits per heavy atom. The Bertz CT molecular complexity index is 1060. The molecule has 0 spiro atoms. The number of H-pyrrole nitrogens is 1. The van der Waals surface area contributed by atoms with E-state index in [1.807, 2.05) is 13.0 Å². The van der Waals surface area contributed by atoms with Crippen molar-refractivity contribution in [3.63, 3.8) is 0 Å². The summed E-state index contributed by atoms with van der Waals surface area (Å²) in [5.74, 6) is 2.02. The Morgan fingerprint density at radius 2 is 2.03 bits per heavy atom. The van der Waals surface area contributed by atoms with Crippen molar-refractivity contribution in [2.24, 2.45) is 0 Å². The third-order valence-electron chi connectivity index (χ3n) is 5.27. The average molecular weight is 413 g/mol. The molecule has 0 amide bonds. The summed E-state index contributed by atoms with van der Waals surface area (Å²) in [7, 11) is 3.16. The van der Waals surface area contributed by atoms with Crippen molar-refractivity contribution in [1.29, 1.82) is 0 Å². The predicted octanol–water partition coefficient (Wildman–Crippen LogP) is 3.46. The monoisotopic (exact) mass is 413 g/mol. The van der Waals surface area contributed by atoms with Gasteiger partial charge in [-0.25, -0.2) is 4.98 Å². The average Bonchev–Trinajstić information content (AvgIpc) is 2.72. The second kappa shape index (κ2) is 7.94. The number of fused-ring (bicyclic) bond motifs is 1. The third-order valence-corrected chi connectivity index (χ3v) is 6.02. The van der Waals surface area contributed by atoms with Crippen LogP contribution >= 0.6 is 11.8 Å². The Balaban J connectivity index is 2.00. The van der Waals surface area contributed by atoms with Gasteiger partial charge in [-0.15, -0.1) is 0 Å². The molecule has 2 aromatic rings. The van der Waals surface area contributed by atoms with Crippen LogP contribution in [0, 0.1) is 0 Å². The van der Waals surface area contributed by atoms with Gasteiger partial charge in [0.05, 0.1) is 25.7 Å².